The first kappa shape index (κ1) is 13.5. The largest absolute Gasteiger partial charge is 0.497 e. The van der Waals surface area contributed by atoms with Gasteiger partial charge in [0, 0.05) is 31.5 Å². The lowest BCUT2D eigenvalue weighted by Gasteiger charge is -2.16. The molecule has 3 aromatic rings. The Morgan fingerprint density at radius 1 is 1.19 bits per heavy atom. The molecular weight excluding hydrogens is 266 g/mol. The molecule has 0 amide bonds. The monoisotopic (exact) mass is 283 g/mol. The van der Waals surface area contributed by atoms with Crippen LogP contribution in [-0.4, -0.2) is 38.6 Å². The van der Waals surface area contributed by atoms with E-state index in [-0.39, 0.29) is 0 Å². The van der Waals surface area contributed by atoms with Crippen molar-refractivity contribution >= 4 is 5.65 Å². The van der Waals surface area contributed by atoms with Crippen LogP contribution in [0.5, 0.6) is 5.75 Å². The van der Waals surface area contributed by atoms with Gasteiger partial charge in [0.15, 0.2) is 5.65 Å². The molecule has 0 aliphatic carbocycles. The Hall–Kier alpha value is -2.47. The lowest BCUT2D eigenvalue weighted by atomic mass is 10.2. The molecule has 0 spiro atoms. The zero-order chi connectivity index (χ0) is 14.7. The Bertz CT molecular complexity index is 740. The molecule has 0 aliphatic rings. The molecule has 0 bridgehead atoms. The van der Waals surface area contributed by atoms with E-state index in [2.05, 4.69) is 33.1 Å². The molecule has 3 aromatic heterocycles. The summed E-state index contributed by atoms with van der Waals surface area (Å²) in [6.45, 7) is 1.58. The summed E-state index contributed by atoms with van der Waals surface area (Å²) in [7, 11) is 3.73. The van der Waals surface area contributed by atoms with Gasteiger partial charge < -0.3 is 4.74 Å². The second-order valence-corrected chi connectivity index (χ2v) is 4.96. The van der Waals surface area contributed by atoms with Gasteiger partial charge in [-0.15, -0.1) is 0 Å². The van der Waals surface area contributed by atoms with Gasteiger partial charge in [-0.25, -0.2) is 9.50 Å². The van der Waals surface area contributed by atoms with E-state index >= 15 is 0 Å². The molecule has 0 saturated heterocycles. The third-order valence-electron chi connectivity index (χ3n) is 3.25. The highest BCUT2D eigenvalue weighted by atomic mass is 16.5. The van der Waals surface area contributed by atoms with Crippen molar-refractivity contribution in [2.45, 2.75) is 13.1 Å². The fraction of sp³-hybridized carbons (Fsp3) is 0.267. The van der Waals surface area contributed by atoms with E-state index in [1.54, 1.807) is 24.1 Å². The minimum Gasteiger partial charge on any atom is -0.497 e. The summed E-state index contributed by atoms with van der Waals surface area (Å²) in [5.74, 6) is 0.832. The zero-order valence-electron chi connectivity index (χ0n) is 12.1. The van der Waals surface area contributed by atoms with E-state index in [9.17, 15) is 0 Å². The fourth-order valence-corrected chi connectivity index (χ4v) is 2.27. The molecule has 0 fully saturated rings. The molecule has 108 valence electrons. The number of hydrogen-bond donors (Lipinski definition) is 0. The second-order valence-electron chi connectivity index (χ2n) is 4.96. The highest BCUT2D eigenvalue weighted by Crippen LogP contribution is 2.13. The lowest BCUT2D eigenvalue weighted by molar-refractivity contribution is 0.314. The number of methoxy groups -OCH3 is 1. The Labute approximate surface area is 123 Å². The van der Waals surface area contributed by atoms with E-state index in [0.717, 1.165) is 30.2 Å². The normalized spacial score (nSPS) is 11.2. The molecule has 3 rings (SSSR count). The number of rotatable bonds is 5. The van der Waals surface area contributed by atoms with Crippen LogP contribution in [0.4, 0.5) is 0 Å². The van der Waals surface area contributed by atoms with Crippen LogP contribution < -0.4 is 4.74 Å². The molecule has 6 heteroatoms. The molecule has 0 aliphatic heterocycles. The number of fused-ring (bicyclic) bond motifs is 1. The van der Waals surface area contributed by atoms with Crippen molar-refractivity contribution in [1.82, 2.24) is 24.5 Å². The molecule has 0 saturated carbocycles. The van der Waals surface area contributed by atoms with Crippen LogP contribution in [0, 0.1) is 0 Å². The van der Waals surface area contributed by atoms with Gasteiger partial charge in [-0.2, -0.15) is 5.10 Å². The van der Waals surface area contributed by atoms with E-state index in [0.29, 0.717) is 0 Å². The minimum absolute atomic E-state index is 0.759. The fourth-order valence-electron chi connectivity index (χ4n) is 2.27. The molecule has 0 atom stereocenters. The van der Waals surface area contributed by atoms with Crippen molar-refractivity contribution < 1.29 is 4.74 Å². The van der Waals surface area contributed by atoms with Crippen molar-refractivity contribution in [2.24, 2.45) is 0 Å². The summed E-state index contributed by atoms with van der Waals surface area (Å²) in [5, 5.41) is 4.09. The molecule has 0 N–H and O–H groups in total. The topological polar surface area (TPSA) is 55.5 Å². The Morgan fingerprint density at radius 2 is 2.10 bits per heavy atom. The summed E-state index contributed by atoms with van der Waals surface area (Å²) >= 11 is 0. The first-order valence-electron chi connectivity index (χ1n) is 6.70. The van der Waals surface area contributed by atoms with Gasteiger partial charge in [-0.05, 0) is 30.8 Å². The Morgan fingerprint density at radius 3 is 2.95 bits per heavy atom. The van der Waals surface area contributed by atoms with Gasteiger partial charge in [-0.1, -0.05) is 0 Å². The Kier molecular flexibility index (Phi) is 3.79. The summed E-state index contributed by atoms with van der Waals surface area (Å²) in [5.41, 5.74) is 3.04. The predicted molar refractivity (Wildman–Crippen MR) is 78.9 cm³/mol. The minimum atomic E-state index is 0.759. The van der Waals surface area contributed by atoms with Gasteiger partial charge in [-0.3, -0.25) is 9.88 Å². The van der Waals surface area contributed by atoms with E-state index in [4.69, 9.17) is 4.74 Å². The van der Waals surface area contributed by atoms with E-state index in [1.807, 2.05) is 24.4 Å². The van der Waals surface area contributed by atoms with Crippen LogP contribution in [0.3, 0.4) is 0 Å². The summed E-state index contributed by atoms with van der Waals surface area (Å²) in [6, 6.07) is 7.90. The zero-order valence-corrected chi connectivity index (χ0v) is 12.1. The average molecular weight is 283 g/mol. The highest BCUT2D eigenvalue weighted by molar-refractivity contribution is 5.39. The van der Waals surface area contributed by atoms with Gasteiger partial charge in [0.25, 0.3) is 0 Å². The van der Waals surface area contributed by atoms with Gasteiger partial charge >= 0.3 is 0 Å². The lowest BCUT2D eigenvalue weighted by Crippen LogP contribution is -2.18. The quantitative estimate of drug-likeness (QED) is 0.714. The van der Waals surface area contributed by atoms with Crippen LogP contribution in [0.15, 0.2) is 43.0 Å². The molecule has 0 aromatic carbocycles. The maximum Gasteiger partial charge on any atom is 0.155 e. The van der Waals surface area contributed by atoms with E-state index < -0.39 is 0 Å². The van der Waals surface area contributed by atoms with Gasteiger partial charge in [0.1, 0.15) is 12.1 Å². The van der Waals surface area contributed by atoms with E-state index in [1.165, 1.54) is 5.56 Å². The third kappa shape index (κ3) is 3.17. The maximum atomic E-state index is 5.22. The van der Waals surface area contributed by atoms with Crippen LogP contribution in [0.2, 0.25) is 0 Å². The SMILES string of the molecule is COc1ccnc(CN(C)Cc2ccn3ncnc3c2)c1. The number of pyridine rings is 2. The molecule has 21 heavy (non-hydrogen) atoms. The first-order valence-corrected chi connectivity index (χ1v) is 6.70. The Balaban J connectivity index is 1.68. The molecule has 0 radical (unpaired) electrons. The first-order chi connectivity index (χ1) is 10.2. The van der Waals surface area contributed by atoms with Crippen molar-refractivity contribution in [3.8, 4) is 5.75 Å². The smallest absolute Gasteiger partial charge is 0.155 e. The average Bonchev–Trinajstić information content (AvgIpc) is 2.95. The van der Waals surface area contributed by atoms with Crippen LogP contribution in [0.25, 0.3) is 5.65 Å². The van der Waals surface area contributed by atoms with Crippen molar-refractivity contribution in [1.29, 1.82) is 0 Å². The second kappa shape index (κ2) is 5.88. The summed E-state index contributed by atoms with van der Waals surface area (Å²) < 4.78 is 6.97. The molecule has 6 nitrogen and oxygen atoms in total. The van der Waals surface area contributed by atoms with Crippen molar-refractivity contribution in [3.63, 3.8) is 0 Å². The van der Waals surface area contributed by atoms with Crippen molar-refractivity contribution in [3.05, 3.63) is 54.2 Å². The standard InChI is InChI=1S/C15H17N5O/c1-19(10-13-8-14(21-2)3-5-16-13)9-12-4-6-20-15(7-12)17-11-18-20/h3-8,11H,9-10H2,1-2H3. The predicted octanol–water partition coefficient (Wildman–Crippen LogP) is 1.76. The highest BCUT2D eigenvalue weighted by Gasteiger charge is 2.05. The maximum absolute atomic E-state index is 5.22. The van der Waals surface area contributed by atoms with Crippen LogP contribution >= 0.6 is 0 Å². The van der Waals surface area contributed by atoms with Gasteiger partial charge in [0.05, 0.1) is 12.8 Å². The van der Waals surface area contributed by atoms with Gasteiger partial charge in [0.2, 0.25) is 0 Å². The number of ether oxygens (including phenoxy) is 1. The summed E-state index contributed by atoms with van der Waals surface area (Å²) in [4.78, 5) is 10.8. The molecule has 0 unspecified atom stereocenters. The number of aromatic nitrogens is 4. The van der Waals surface area contributed by atoms with Crippen LogP contribution in [0.1, 0.15) is 11.3 Å². The van der Waals surface area contributed by atoms with Crippen LogP contribution in [-0.2, 0) is 13.1 Å². The number of hydrogen-bond acceptors (Lipinski definition) is 5. The third-order valence-corrected chi connectivity index (χ3v) is 3.25. The molecule has 3 heterocycles. The molecular formula is C15H17N5O. The van der Waals surface area contributed by atoms with Crippen molar-refractivity contribution in [2.75, 3.05) is 14.2 Å². The number of nitrogens with zero attached hydrogens (tertiary/aromatic N) is 5. The summed E-state index contributed by atoms with van der Waals surface area (Å²) in [6.07, 6.45) is 5.25.